The number of hydrogen-bond acceptors (Lipinski definition) is 6. The van der Waals surface area contributed by atoms with E-state index in [2.05, 4.69) is 25.3 Å². The minimum absolute atomic E-state index is 0.000213. The van der Waals surface area contributed by atoms with Gasteiger partial charge in [-0.1, -0.05) is 5.16 Å². The van der Waals surface area contributed by atoms with Gasteiger partial charge in [0.1, 0.15) is 5.76 Å². The number of rotatable bonds is 4. The Morgan fingerprint density at radius 1 is 1.39 bits per heavy atom. The molecule has 1 aliphatic rings. The average Bonchev–Trinajstić information content (AvgIpc) is 2.88. The lowest BCUT2D eigenvalue weighted by atomic mass is 10.0. The van der Waals surface area contributed by atoms with Gasteiger partial charge in [0.25, 0.3) is 0 Å². The molecule has 0 bridgehead atoms. The van der Waals surface area contributed by atoms with Crippen molar-refractivity contribution in [3.8, 4) is 0 Å². The summed E-state index contributed by atoms with van der Waals surface area (Å²) in [5.41, 5.74) is 1.65. The molecule has 1 aliphatic heterocycles. The molecular formula is C16H21N5O2. The van der Waals surface area contributed by atoms with E-state index >= 15 is 0 Å². The Labute approximate surface area is 135 Å². The molecule has 2 aromatic heterocycles. The normalized spacial score (nSPS) is 18.0. The second-order valence-corrected chi connectivity index (χ2v) is 5.88. The van der Waals surface area contributed by atoms with Gasteiger partial charge in [-0.3, -0.25) is 4.79 Å². The number of hydrogen-bond donors (Lipinski definition) is 1. The van der Waals surface area contributed by atoms with Crippen LogP contribution in [0.4, 0.5) is 5.95 Å². The van der Waals surface area contributed by atoms with Crippen molar-refractivity contribution < 1.29 is 9.32 Å². The minimum Gasteiger partial charge on any atom is -0.361 e. The highest BCUT2D eigenvalue weighted by molar-refractivity contribution is 5.79. The highest BCUT2D eigenvalue weighted by atomic mass is 16.5. The second kappa shape index (κ2) is 6.76. The Morgan fingerprint density at radius 3 is 2.87 bits per heavy atom. The zero-order chi connectivity index (χ0) is 16.2. The smallest absolute Gasteiger partial charge is 0.225 e. The molecule has 122 valence electrons. The Bertz CT molecular complexity index is 651. The Hall–Kier alpha value is -2.44. The van der Waals surface area contributed by atoms with E-state index in [-0.39, 0.29) is 11.9 Å². The number of aromatic nitrogens is 3. The standard InChI is InChI=1S/C16H21N5O2/c1-11-14(12(2)23-20-11)9-15(22)19-13-5-3-8-21(10-13)16-17-6-4-7-18-16/h4,6-7,13H,3,5,8-10H2,1-2H3,(H,19,22). The number of nitrogens with zero attached hydrogens (tertiary/aromatic N) is 4. The van der Waals surface area contributed by atoms with Gasteiger partial charge in [-0.25, -0.2) is 9.97 Å². The molecule has 7 nitrogen and oxygen atoms in total. The van der Waals surface area contributed by atoms with E-state index in [1.807, 2.05) is 13.8 Å². The number of nitrogens with one attached hydrogen (secondary N) is 1. The van der Waals surface area contributed by atoms with E-state index < -0.39 is 0 Å². The van der Waals surface area contributed by atoms with Gasteiger partial charge in [-0.2, -0.15) is 0 Å². The zero-order valence-electron chi connectivity index (χ0n) is 13.5. The molecule has 1 unspecified atom stereocenters. The van der Waals surface area contributed by atoms with Crippen LogP contribution in [0, 0.1) is 13.8 Å². The quantitative estimate of drug-likeness (QED) is 0.918. The molecule has 1 N–H and O–H groups in total. The Balaban J connectivity index is 1.58. The molecular weight excluding hydrogens is 294 g/mol. The lowest BCUT2D eigenvalue weighted by Gasteiger charge is -2.33. The van der Waals surface area contributed by atoms with Crippen LogP contribution in [0.1, 0.15) is 29.9 Å². The minimum atomic E-state index is 0.000213. The van der Waals surface area contributed by atoms with Gasteiger partial charge in [0.2, 0.25) is 11.9 Å². The number of piperidine rings is 1. The van der Waals surface area contributed by atoms with Crippen LogP contribution >= 0.6 is 0 Å². The first kappa shape index (κ1) is 15.5. The van der Waals surface area contributed by atoms with E-state index in [1.165, 1.54) is 0 Å². The maximum absolute atomic E-state index is 12.3. The highest BCUT2D eigenvalue weighted by Crippen LogP contribution is 2.16. The van der Waals surface area contributed by atoms with Crippen LogP contribution in [0.15, 0.2) is 23.0 Å². The lowest BCUT2D eigenvalue weighted by Crippen LogP contribution is -2.48. The van der Waals surface area contributed by atoms with Crippen LogP contribution in [0.25, 0.3) is 0 Å². The third kappa shape index (κ3) is 3.67. The highest BCUT2D eigenvalue weighted by Gasteiger charge is 2.23. The zero-order valence-corrected chi connectivity index (χ0v) is 13.5. The number of carbonyl (C=O) groups is 1. The molecule has 3 heterocycles. The van der Waals surface area contributed by atoms with Gasteiger partial charge >= 0.3 is 0 Å². The molecule has 0 aromatic carbocycles. The molecule has 1 atom stereocenters. The predicted octanol–water partition coefficient (Wildman–Crippen LogP) is 1.41. The summed E-state index contributed by atoms with van der Waals surface area (Å²) < 4.78 is 5.11. The van der Waals surface area contributed by atoms with Crippen LogP contribution in [-0.4, -0.2) is 40.2 Å². The third-order valence-electron chi connectivity index (χ3n) is 4.14. The van der Waals surface area contributed by atoms with Crippen molar-refractivity contribution in [3.05, 3.63) is 35.5 Å². The molecule has 2 aromatic rings. The molecule has 1 amide bonds. The molecule has 7 heteroatoms. The topological polar surface area (TPSA) is 84.2 Å². The maximum atomic E-state index is 12.3. The molecule has 0 radical (unpaired) electrons. The van der Waals surface area contributed by atoms with Crippen LogP contribution in [-0.2, 0) is 11.2 Å². The third-order valence-corrected chi connectivity index (χ3v) is 4.14. The van der Waals surface area contributed by atoms with Crippen LogP contribution in [0.5, 0.6) is 0 Å². The fourth-order valence-electron chi connectivity index (χ4n) is 2.92. The summed E-state index contributed by atoms with van der Waals surface area (Å²) in [5.74, 6) is 1.43. The van der Waals surface area contributed by atoms with Crippen molar-refractivity contribution >= 4 is 11.9 Å². The van der Waals surface area contributed by atoms with Gasteiger partial charge in [-0.15, -0.1) is 0 Å². The summed E-state index contributed by atoms with van der Waals surface area (Å²) >= 11 is 0. The predicted molar refractivity (Wildman–Crippen MR) is 85.1 cm³/mol. The summed E-state index contributed by atoms with van der Waals surface area (Å²) in [7, 11) is 0. The first-order valence-electron chi connectivity index (χ1n) is 7.86. The Morgan fingerprint density at radius 2 is 2.17 bits per heavy atom. The van der Waals surface area contributed by atoms with Crippen molar-refractivity contribution in [1.82, 2.24) is 20.4 Å². The van der Waals surface area contributed by atoms with E-state index in [4.69, 9.17) is 4.52 Å². The van der Waals surface area contributed by atoms with E-state index in [0.717, 1.165) is 43.1 Å². The van der Waals surface area contributed by atoms with Gasteiger partial charge in [0, 0.05) is 37.1 Å². The van der Waals surface area contributed by atoms with Gasteiger partial charge in [0.05, 0.1) is 12.1 Å². The number of aryl methyl sites for hydroxylation is 2. The molecule has 0 aliphatic carbocycles. The summed E-state index contributed by atoms with van der Waals surface area (Å²) in [5, 5.41) is 6.99. The largest absolute Gasteiger partial charge is 0.361 e. The molecule has 1 fully saturated rings. The van der Waals surface area contributed by atoms with E-state index in [9.17, 15) is 4.79 Å². The van der Waals surface area contributed by atoms with Crippen molar-refractivity contribution in [3.63, 3.8) is 0 Å². The summed E-state index contributed by atoms with van der Waals surface area (Å²) in [6.07, 6.45) is 5.76. The van der Waals surface area contributed by atoms with Crippen LogP contribution in [0.2, 0.25) is 0 Å². The van der Waals surface area contributed by atoms with Crippen molar-refractivity contribution in [2.75, 3.05) is 18.0 Å². The second-order valence-electron chi connectivity index (χ2n) is 5.88. The molecule has 1 saturated heterocycles. The maximum Gasteiger partial charge on any atom is 0.225 e. The fraction of sp³-hybridized carbons (Fsp3) is 0.500. The number of anilines is 1. The van der Waals surface area contributed by atoms with Crippen LogP contribution < -0.4 is 10.2 Å². The van der Waals surface area contributed by atoms with E-state index in [0.29, 0.717) is 12.2 Å². The lowest BCUT2D eigenvalue weighted by molar-refractivity contribution is -0.121. The SMILES string of the molecule is Cc1noc(C)c1CC(=O)NC1CCCN(c2ncccn2)C1. The summed E-state index contributed by atoms with van der Waals surface area (Å²) in [6.45, 7) is 5.34. The van der Waals surface area contributed by atoms with Crippen molar-refractivity contribution in [2.45, 2.75) is 39.2 Å². The van der Waals surface area contributed by atoms with E-state index in [1.54, 1.807) is 18.5 Å². The van der Waals surface area contributed by atoms with Crippen molar-refractivity contribution in [2.24, 2.45) is 0 Å². The number of amides is 1. The van der Waals surface area contributed by atoms with Gasteiger partial charge in [-0.05, 0) is 32.8 Å². The first-order chi connectivity index (χ1) is 11.1. The summed E-state index contributed by atoms with van der Waals surface area (Å²) in [6, 6.07) is 1.91. The first-order valence-corrected chi connectivity index (χ1v) is 7.86. The monoisotopic (exact) mass is 315 g/mol. The molecule has 23 heavy (non-hydrogen) atoms. The number of carbonyl (C=O) groups excluding carboxylic acids is 1. The Kier molecular flexibility index (Phi) is 4.55. The molecule has 0 spiro atoms. The average molecular weight is 315 g/mol. The van der Waals surface area contributed by atoms with Gasteiger partial charge < -0.3 is 14.7 Å². The van der Waals surface area contributed by atoms with Crippen molar-refractivity contribution in [1.29, 1.82) is 0 Å². The van der Waals surface area contributed by atoms with Crippen LogP contribution in [0.3, 0.4) is 0 Å². The fourth-order valence-corrected chi connectivity index (χ4v) is 2.92. The summed E-state index contributed by atoms with van der Waals surface area (Å²) in [4.78, 5) is 23.0. The molecule has 3 rings (SSSR count). The molecule has 0 saturated carbocycles. The van der Waals surface area contributed by atoms with Gasteiger partial charge in [0.15, 0.2) is 0 Å².